The average Bonchev–Trinajstić information content (AvgIpc) is 2.75. The Balaban J connectivity index is 1.78. The van der Waals surface area contributed by atoms with Crippen molar-refractivity contribution < 1.29 is 19.2 Å². The molecule has 2 bridgehead atoms. The van der Waals surface area contributed by atoms with Crippen molar-refractivity contribution in [1.29, 1.82) is 0 Å². The molecule has 4 fully saturated rings. The summed E-state index contributed by atoms with van der Waals surface area (Å²) < 4.78 is 0. The molecular weight excluding hydrogens is 282 g/mol. The number of hydrogen-bond acceptors (Lipinski definition) is 4. The first kappa shape index (κ1) is 13.4. The number of benzene rings is 1. The van der Waals surface area contributed by atoms with Crippen molar-refractivity contribution in [2.24, 2.45) is 23.7 Å². The minimum absolute atomic E-state index is 0.0437. The third-order valence-electron chi connectivity index (χ3n) is 5.23. The summed E-state index contributed by atoms with van der Waals surface area (Å²) in [5.74, 6) is -3.22. The quantitative estimate of drug-likeness (QED) is 0.732. The van der Waals surface area contributed by atoms with Crippen LogP contribution < -0.4 is 4.90 Å². The van der Waals surface area contributed by atoms with E-state index in [2.05, 4.69) is 0 Å². The lowest BCUT2D eigenvalue weighted by atomic mass is 9.58. The van der Waals surface area contributed by atoms with E-state index in [4.69, 9.17) is 0 Å². The highest BCUT2D eigenvalue weighted by molar-refractivity contribution is 6.25. The number of imide groups is 1. The fourth-order valence-corrected chi connectivity index (χ4v) is 4.13. The normalized spacial score (nSPS) is 33.6. The number of anilines is 1. The number of hydrogen-bond donors (Lipinski definition) is 0. The van der Waals surface area contributed by atoms with Crippen LogP contribution in [0.2, 0.25) is 0 Å². The SMILES string of the molecule is Cc1ccc(N2C(=O)[C@H]3[C@H](C2=O)[C@H]2CC(=O)[C@H]3CC2=O)cc1. The number of rotatable bonds is 1. The first-order valence-corrected chi connectivity index (χ1v) is 7.49. The Morgan fingerprint density at radius 3 is 1.73 bits per heavy atom. The van der Waals surface area contributed by atoms with Crippen LogP contribution in [0.1, 0.15) is 18.4 Å². The van der Waals surface area contributed by atoms with Gasteiger partial charge in [-0.3, -0.25) is 24.1 Å². The maximum atomic E-state index is 12.7. The number of carbonyl (C=O) groups excluding carboxylic acids is 4. The highest BCUT2D eigenvalue weighted by Gasteiger charge is 2.63. The average molecular weight is 297 g/mol. The van der Waals surface area contributed by atoms with E-state index < -0.39 is 23.7 Å². The van der Waals surface area contributed by atoms with Crippen LogP contribution in [0.4, 0.5) is 5.69 Å². The molecule has 2 amide bonds. The van der Waals surface area contributed by atoms with Gasteiger partial charge in [0, 0.05) is 24.7 Å². The van der Waals surface area contributed by atoms with E-state index in [0.717, 1.165) is 5.56 Å². The third kappa shape index (κ3) is 1.59. The first-order valence-electron chi connectivity index (χ1n) is 7.49. The molecule has 5 nitrogen and oxygen atoms in total. The van der Waals surface area contributed by atoms with Crippen molar-refractivity contribution >= 4 is 29.1 Å². The van der Waals surface area contributed by atoms with E-state index in [-0.39, 0.29) is 36.2 Å². The van der Waals surface area contributed by atoms with Crippen LogP contribution in [-0.2, 0) is 19.2 Å². The second kappa shape index (κ2) is 4.35. The Kier molecular flexibility index (Phi) is 2.64. The van der Waals surface area contributed by atoms with Crippen LogP contribution in [0.3, 0.4) is 0 Å². The molecule has 3 aliphatic carbocycles. The van der Waals surface area contributed by atoms with E-state index in [9.17, 15) is 19.2 Å². The molecule has 1 saturated heterocycles. The maximum absolute atomic E-state index is 12.7. The molecule has 1 aromatic rings. The van der Waals surface area contributed by atoms with Gasteiger partial charge in [-0.25, -0.2) is 0 Å². The van der Waals surface area contributed by atoms with Crippen molar-refractivity contribution in [2.75, 3.05) is 4.90 Å². The molecule has 0 radical (unpaired) electrons. The minimum Gasteiger partial charge on any atom is -0.299 e. The fourth-order valence-electron chi connectivity index (χ4n) is 4.13. The molecule has 4 atom stereocenters. The molecule has 0 N–H and O–H groups in total. The van der Waals surface area contributed by atoms with Gasteiger partial charge >= 0.3 is 0 Å². The van der Waals surface area contributed by atoms with Gasteiger partial charge in [-0.15, -0.1) is 0 Å². The smallest absolute Gasteiger partial charge is 0.238 e. The van der Waals surface area contributed by atoms with Crippen molar-refractivity contribution in [3.05, 3.63) is 29.8 Å². The maximum Gasteiger partial charge on any atom is 0.238 e. The fraction of sp³-hybridized carbons (Fsp3) is 0.412. The van der Waals surface area contributed by atoms with Crippen molar-refractivity contribution in [2.45, 2.75) is 19.8 Å². The predicted molar refractivity (Wildman–Crippen MR) is 76.9 cm³/mol. The molecule has 4 aliphatic rings. The summed E-state index contributed by atoms with van der Waals surface area (Å²) in [7, 11) is 0. The topological polar surface area (TPSA) is 71.5 Å². The number of aryl methyl sites for hydroxylation is 1. The molecule has 5 rings (SSSR count). The van der Waals surface area contributed by atoms with E-state index >= 15 is 0 Å². The van der Waals surface area contributed by atoms with Crippen molar-refractivity contribution in [3.63, 3.8) is 0 Å². The van der Waals surface area contributed by atoms with Crippen LogP contribution >= 0.6 is 0 Å². The number of amides is 2. The van der Waals surface area contributed by atoms with Gasteiger partial charge in [-0.1, -0.05) is 17.7 Å². The number of fused-ring (bicyclic) bond motifs is 2. The number of ketones is 2. The van der Waals surface area contributed by atoms with Crippen LogP contribution in [0, 0.1) is 30.6 Å². The zero-order chi connectivity index (χ0) is 15.6. The monoisotopic (exact) mass is 297 g/mol. The summed E-state index contributed by atoms with van der Waals surface area (Å²) in [6.45, 7) is 1.93. The van der Waals surface area contributed by atoms with E-state index in [1.165, 1.54) is 4.90 Å². The Bertz CT molecular complexity index is 681. The zero-order valence-electron chi connectivity index (χ0n) is 12.1. The van der Waals surface area contributed by atoms with Gasteiger partial charge in [0.15, 0.2) is 0 Å². The predicted octanol–water partition coefficient (Wildman–Crippen LogP) is 1.28. The summed E-state index contributed by atoms with van der Waals surface area (Å²) in [6.07, 6.45) is 0.233. The third-order valence-corrected chi connectivity index (χ3v) is 5.23. The molecule has 1 heterocycles. The van der Waals surface area contributed by atoms with Gasteiger partial charge in [0.05, 0.1) is 17.5 Å². The zero-order valence-corrected chi connectivity index (χ0v) is 12.1. The van der Waals surface area contributed by atoms with Gasteiger partial charge in [-0.2, -0.15) is 0 Å². The van der Waals surface area contributed by atoms with Gasteiger partial charge in [-0.05, 0) is 19.1 Å². The second-order valence-corrected chi connectivity index (χ2v) is 6.45. The van der Waals surface area contributed by atoms with E-state index in [1.54, 1.807) is 12.1 Å². The molecule has 0 aromatic heterocycles. The Morgan fingerprint density at radius 1 is 0.818 bits per heavy atom. The lowest BCUT2D eigenvalue weighted by molar-refractivity contribution is -0.153. The Morgan fingerprint density at radius 2 is 1.27 bits per heavy atom. The Hall–Kier alpha value is -2.30. The summed E-state index contributed by atoms with van der Waals surface area (Å²) in [6, 6.07) is 7.13. The van der Waals surface area contributed by atoms with Crippen LogP contribution in [0.15, 0.2) is 24.3 Å². The van der Waals surface area contributed by atoms with Crippen molar-refractivity contribution in [3.8, 4) is 0 Å². The molecule has 0 unspecified atom stereocenters. The summed E-state index contributed by atoms with van der Waals surface area (Å²) >= 11 is 0. The highest BCUT2D eigenvalue weighted by atomic mass is 16.2. The van der Waals surface area contributed by atoms with E-state index in [0.29, 0.717) is 5.69 Å². The summed E-state index contributed by atoms with van der Waals surface area (Å²) in [5.41, 5.74) is 1.56. The highest BCUT2D eigenvalue weighted by Crippen LogP contribution is 2.50. The molecular formula is C17H15NO4. The largest absolute Gasteiger partial charge is 0.299 e. The molecule has 0 spiro atoms. The first-order chi connectivity index (χ1) is 10.5. The van der Waals surface area contributed by atoms with Gasteiger partial charge in [0.2, 0.25) is 11.8 Å². The molecule has 3 saturated carbocycles. The molecule has 22 heavy (non-hydrogen) atoms. The standard InChI is InChI=1S/C17H15NO4/c1-8-2-4-9(5-3-8)18-16(21)14-10-6-12(19)11(7-13(10)20)15(14)17(18)22/h2-5,10-11,14-15H,6-7H2,1H3/t10-,11+,14-,15-/m1/s1. The number of carbonyl (C=O) groups is 4. The number of nitrogens with zero attached hydrogens (tertiary/aromatic N) is 1. The van der Waals surface area contributed by atoms with Gasteiger partial charge < -0.3 is 0 Å². The minimum atomic E-state index is -0.641. The number of Topliss-reactive ketones (excluding diaryl/α,β-unsaturated/α-hetero) is 2. The van der Waals surface area contributed by atoms with Crippen LogP contribution in [0.5, 0.6) is 0 Å². The Labute approximate surface area is 127 Å². The summed E-state index contributed by atoms with van der Waals surface area (Å²) in [5, 5.41) is 0. The summed E-state index contributed by atoms with van der Waals surface area (Å²) in [4.78, 5) is 50.7. The van der Waals surface area contributed by atoms with Crippen LogP contribution in [0.25, 0.3) is 0 Å². The molecule has 1 aliphatic heterocycles. The van der Waals surface area contributed by atoms with Gasteiger partial charge in [0.25, 0.3) is 0 Å². The molecule has 5 heteroatoms. The lowest BCUT2D eigenvalue weighted by Crippen LogP contribution is -2.51. The lowest BCUT2D eigenvalue weighted by Gasteiger charge is -2.40. The molecule has 1 aromatic carbocycles. The van der Waals surface area contributed by atoms with E-state index in [1.807, 2.05) is 19.1 Å². The van der Waals surface area contributed by atoms with Gasteiger partial charge in [0.1, 0.15) is 11.6 Å². The molecule has 112 valence electrons. The second-order valence-electron chi connectivity index (χ2n) is 6.45. The van der Waals surface area contributed by atoms with Crippen molar-refractivity contribution in [1.82, 2.24) is 0 Å². The van der Waals surface area contributed by atoms with Crippen LogP contribution in [-0.4, -0.2) is 23.4 Å².